The monoisotopic (exact) mass is 433 g/mol. The van der Waals surface area contributed by atoms with Gasteiger partial charge in [-0.05, 0) is 23.1 Å². The van der Waals surface area contributed by atoms with Gasteiger partial charge in [-0.3, -0.25) is 14.9 Å². The summed E-state index contributed by atoms with van der Waals surface area (Å²) in [5.41, 5.74) is 1.75. The van der Waals surface area contributed by atoms with E-state index in [0.29, 0.717) is 20.2 Å². The molecule has 0 aliphatic rings. The van der Waals surface area contributed by atoms with Gasteiger partial charge in [0.2, 0.25) is 11.0 Å². The molecular formula is C18H19N5O2S3. The SMILES string of the molecule is CC(C)(C)c1ccc(C(=O)Nc2nnc(SCC(=O)Nc3nccs3)s2)cc1. The molecule has 0 saturated carbocycles. The van der Waals surface area contributed by atoms with Crippen molar-refractivity contribution in [2.75, 3.05) is 16.4 Å². The average molecular weight is 434 g/mol. The first kappa shape index (κ1) is 20.4. The first-order chi connectivity index (χ1) is 13.3. The molecule has 0 atom stereocenters. The third-order valence-corrected chi connectivity index (χ3v) is 6.31. The zero-order valence-electron chi connectivity index (χ0n) is 15.6. The van der Waals surface area contributed by atoms with Crippen LogP contribution in [0.25, 0.3) is 0 Å². The van der Waals surface area contributed by atoms with E-state index < -0.39 is 0 Å². The molecule has 0 bridgehead atoms. The molecule has 2 heterocycles. The molecule has 2 aromatic heterocycles. The van der Waals surface area contributed by atoms with Gasteiger partial charge in [-0.25, -0.2) is 4.98 Å². The largest absolute Gasteiger partial charge is 0.301 e. The van der Waals surface area contributed by atoms with Crippen molar-refractivity contribution in [2.24, 2.45) is 0 Å². The number of anilines is 2. The number of thiazole rings is 1. The van der Waals surface area contributed by atoms with Crippen molar-refractivity contribution in [3.8, 4) is 0 Å². The number of thioether (sulfide) groups is 1. The number of carbonyl (C=O) groups is 2. The first-order valence-electron chi connectivity index (χ1n) is 8.39. The van der Waals surface area contributed by atoms with Gasteiger partial charge in [0.05, 0.1) is 5.75 Å². The molecule has 146 valence electrons. The van der Waals surface area contributed by atoms with Crippen molar-refractivity contribution in [3.63, 3.8) is 0 Å². The minimum atomic E-state index is -0.241. The minimum absolute atomic E-state index is 0.0339. The normalized spacial score (nSPS) is 11.2. The second kappa shape index (κ2) is 8.80. The molecule has 0 aliphatic carbocycles. The quantitative estimate of drug-likeness (QED) is 0.445. The van der Waals surface area contributed by atoms with Gasteiger partial charge in [0.25, 0.3) is 5.91 Å². The summed E-state index contributed by atoms with van der Waals surface area (Å²) < 4.78 is 0.604. The predicted molar refractivity (Wildman–Crippen MR) is 114 cm³/mol. The first-order valence-corrected chi connectivity index (χ1v) is 11.1. The fraction of sp³-hybridized carbons (Fsp3) is 0.278. The zero-order valence-corrected chi connectivity index (χ0v) is 18.0. The number of nitrogens with one attached hydrogen (secondary N) is 2. The third kappa shape index (κ3) is 5.60. The molecule has 0 unspecified atom stereocenters. The van der Waals surface area contributed by atoms with Crippen LogP contribution in [0.4, 0.5) is 10.3 Å². The van der Waals surface area contributed by atoms with E-state index >= 15 is 0 Å². The summed E-state index contributed by atoms with van der Waals surface area (Å²) in [5, 5.41) is 16.2. The summed E-state index contributed by atoms with van der Waals surface area (Å²) in [4.78, 5) is 28.3. The molecule has 3 aromatic rings. The van der Waals surface area contributed by atoms with Crippen LogP contribution in [-0.2, 0) is 10.2 Å². The summed E-state index contributed by atoms with van der Waals surface area (Å²) in [6.45, 7) is 6.37. The van der Waals surface area contributed by atoms with E-state index in [0.717, 1.165) is 5.56 Å². The van der Waals surface area contributed by atoms with Gasteiger partial charge >= 0.3 is 0 Å². The lowest BCUT2D eigenvalue weighted by Crippen LogP contribution is -2.14. The number of amides is 2. The van der Waals surface area contributed by atoms with E-state index in [-0.39, 0.29) is 23.0 Å². The number of rotatable bonds is 6. The number of aromatic nitrogens is 3. The molecule has 0 aliphatic heterocycles. The highest BCUT2D eigenvalue weighted by Gasteiger charge is 2.15. The van der Waals surface area contributed by atoms with E-state index in [4.69, 9.17) is 0 Å². The van der Waals surface area contributed by atoms with Crippen molar-refractivity contribution in [2.45, 2.75) is 30.5 Å². The van der Waals surface area contributed by atoms with Crippen molar-refractivity contribution in [3.05, 3.63) is 47.0 Å². The maximum Gasteiger partial charge on any atom is 0.257 e. The standard InChI is InChI=1S/C18H19N5O2S3/c1-18(2,3)12-6-4-11(5-7-12)14(25)21-16-22-23-17(28-16)27-10-13(24)20-15-19-8-9-26-15/h4-9H,10H2,1-3H3,(H,19,20,24)(H,21,22,25). The second-order valence-corrected chi connectivity index (χ2v) is 9.92. The molecule has 10 heteroatoms. The molecule has 0 fully saturated rings. The Balaban J connectivity index is 1.52. The number of hydrogen-bond acceptors (Lipinski definition) is 8. The highest BCUT2D eigenvalue weighted by molar-refractivity contribution is 8.01. The second-order valence-electron chi connectivity index (χ2n) is 6.83. The van der Waals surface area contributed by atoms with Gasteiger partial charge < -0.3 is 5.32 Å². The molecule has 28 heavy (non-hydrogen) atoms. The van der Waals surface area contributed by atoms with Crippen LogP contribution in [0, 0.1) is 0 Å². The lowest BCUT2D eigenvalue weighted by molar-refractivity contribution is -0.113. The maximum atomic E-state index is 12.4. The van der Waals surface area contributed by atoms with E-state index in [1.54, 1.807) is 23.7 Å². The van der Waals surface area contributed by atoms with Gasteiger partial charge in [0, 0.05) is 17.1 Å². The third-order valence-electron chi connectivity index (χ3n) is 3.65. The topological polar surface area (TPSA) is 96.9 Å². The number of carbonyl (C=O) groups excluding carboxylic acids is 2. The summed E-state index contributed by atoms with van der Waals surface area (Å²) in [7, 11) is 0. The number of nitrogens with zero attached hydrogens (tertiary/aromatic N) is 3. The van der Waals surface area contributed by atoms with Crippen molar-refractivity contribution in [1.29, 1.82) is 0 Å². The van der Waals surface area contributed by atoms with Crippen molar-refractivity contribution >= 4 is 56.5 Å². The van der Waals surface area contributed by atoms with Gasteiger partial charge in [-0.15, -0.1) is 21.5 Å². The maximum absolute atomic E-state index is 12.4. The molecule has 2 N–H and O–H groups in total. The molecule has 0 spiro atoms. The van der Waals surface area contributed by atoms with Gasteiger partial charge in [-0.1, -0.05) is 56.0 Å². The van der Waals surface area contributed by atoms with Crippen LogP contribution < -0.4 is 10.6 Å². The van der Waals surface area contributed by atoms with Gasteiger partial charge in [0.1, 0.15) is 0 Å². The molecule has 0 saturated heterocycles. The highest BCUT2D eigenvalue weighted by atomic mass is 32.2. The van der Waals surface area contributed by atoms with Crippen LogP contribution in [-0.4, -0.2) is 32.7 Å². The Morgan fingerprint density at radius 1 is 1.07 bits per heavy atom. The van der Waals surface area contributed by atoms with Crippen LogP contribution in [0.5, 0.6) is 0 Å². The van der Waals surface area contributed by atoms with E-state index in [9.17, 15) is 9.59 Å². The van der Waals surface area contributed by atoms with E-state index in [1.807, 2.05) is 12.1 Å². The summed E-state index contributed by atoms with van der Waals surface area (Å²) >= 11 is 3.84. The average Bonchev–Trinajstić information content (AvgIpc) is 3.31. The van der Waals surface area contributed by atoms with Crippen LogP contribution in [0.3, 0.4) is 0 Å². The summed E-state index contributed by atoms with van der Waals surface area (Å²) in [6.07, 6.45) is 1.63. The molecule has 0 radical (unpaired) electrons. The smallest absolute Gasteiger partial charge is 0.257 e. The Labute approximate surface area is 175 Å². The number of hydrogen-bond donors (Lipinski definition) is 2. The molecule has 1 aromatic carbocycles. The Morgan fingerprint density at radius 2 is 1.82 bits per heavy atom. The van der Waals surface area contributed by atoms with Crippen LogP contribution >= 0.6 is 34.4 Å². The molecule has 3 rings (SSSR count). The Bertz CT molecular complexity index is 947. The fourth-order valence-corrected chi connectivity index (χ4v) is 4.27. The number of benzene rings is 1. The van der Waals surface area contributed by atoms with E-state index in [1.165, 1.54) is 34.4 Å². The molecule has 7 nitrogen and oxygen atoms in total. The van der Waals surface area contributed by atoms with Crippen molar-refractivity contribution < 1.29 is 9.59 Å². The van der Waals surface area contributed by atoms with Gasteiger partial charge in [-0.2, -0.15) is 0 Å². The summed E-state index contributed by atoms with van der Waals surface area (Å²) in [6, 6.07) is 7.51. The Hall–Kier alpha value is -2.30. The highest BCUT2D eigenvalue weighted by Crippen LogP contribution is 2.26. The van der Waals surface area contributed by atoms with Crippen molar-refractivity contribution in [1.82, 2.24) is 15.2 Å². The van der Waals surface area contributed by atoms with Gasteiger partial charge in [0.15, 0.2) is 9.47 Å². The molecular weight excluding hydrogens is 414 g/mol. The molecule has 2 amide bonds. The van der Waals surface area contributed by atoms with E-state index in [2.05, 4.69) is 46.6 Å². The lowest BCUT2D eigenvalue weighted by Gasteiger charge is -2.18. The zero-order chi connectivity index (χ0) is 20.1. The van der Waals surface area contributed by atoms with Crippen LogP contribution in [0.1, 0.15) is 36.7 Å². The Kier molecular flexibility index (Phi) is 6.42. The summed E-state index contributed by atoms with van der Waals surface area (Å²) in [5.74, 6) is -0.217. The van der Waals surface area contributed by atoms with Crippen LogP contribution in [0.15, 0.2) is 40.2 Å². The Morgan fingerprint density at radius 3 is 2.46 bits per heavy atom. The van der Waals surface area contributed by atoms with Crippen LogP contribution in [0.2, 0.25) is 0 Å². The fourth-order valence-electron chi connectivity index (χ4n) is 2.18. The lowest BCUT2D eigenvalue weighted by atomic mass is 9.87. The predicted octanol–water partition coefficient (Wildman–Crippen LogP) is 4.28. The minimum Gasteiger partial charge on any atom is -0.301 e.